The lowest BCUT2D eigenvalue weighted by atomic mass is 9.65. The van der Waals surface area contributed by atoms with E-state index in [1.54, 1.807) is 0 Å². The molecule has 0 saturated heterocycles. The molecule has 10 aromatic rings. The summed E-state index contributed by atoms with van der Waals surface area (Å²) in [4.78, 5) is 108. The summed E-state index contributed by atoms with van der Waals surface area (Å²) in [6, 6.07) is 25.2. The van der Waals surface area contributed by atoms with Crippen molar-refractivity contribution in [3.63, 3.8) is 0 Å². The van der Waals surface area contributed by atoms with Gasteiger partial charge in [-0.1, -0.05) is 84.9 Å². The average Bonchev–Trinajstić information content (AvgIpc) is 0.708. The predicted octanol–water partition coefficient (Wildman–Crippen LogP) is 7.08. The van der Waals surface area contributed by atoms with Crippen LogP contribution in [0.2, 0.25) is 0 Å². The number of allylic oxidation sites excluding steroid dienone is 2. The molecule has 4 atom stereocenters. The van der Waals surface area contributed by atoms with Crippen molar-refractivity contribution in [1.29, 1.82) is 0 Å². The third-order valence-electron chi connectivity index (χ3n) is 21.5. The smallest absolute Gasteiger partial charge is 0.328 e. The number of Topliss-reactive ketones (excluding diaryl/α,β-unsaturated/α-hetero) is 4. The van der Waals surface area contributed by atoms with E-state index in [4.69, 9.17) is 9.47 Å². The zero-order valence-corrected chi connectivity index (χ0v) is 74.0. The fourth-order valence-electron chi connectivity index (χ4n) is 15.7. The highest BCUT2D eigenvalue weighted by atomic mass is 32.2. The number of rotatable bonds is 29. The van der Waals surface area contributed by atoms with Gasteiger partial charge >= 0.3 is 12.0 Å². The molecule has 0 radical (unpaired) electrons. The summed E-state index contributed by atoms with van der Waals surface area (Å²) in [6.45, 7) is -0.912. The Bertz CT molecular complexity index is 7670. The standard InChI is InChI=1S/C80H60N14O32S8/c1-93-55-27-25-49(63-65(55)61(45-13-3-5-15-47(45)71(63)97)67(73(93)99)69(95)37-9-7-11-43(31-37)129(107,108)109)83-51-33-53(59(133(119,120)121)35-57(51)131(113,114)115)85-77-87-75(89-79(91-77)125-39-17-21-41(22-18-39)127(101,102)103)81-29-30-82-76-88-78(92-80(90-76)126-40-19-23-42(24-20-40)128(104,105)106)86-54-34-52(58(132(116,117)118)36-60(54)134(122,123)124)84-50-26-28-56-66-62(46-14-4-6-16-48(46)72(98)64(50)66)68(74(100)94(56)2)70(96)38-10-8-12-44(32-38)130(110,111)112/h3-28,31-36,55-56,65-66,83-84H,29-30H2,1-2H3,(H,101,102,103)(H,104,105,106)(H,107,108,109)(H,110,111,112)(H,113,114,115)(H,116,117,118)(H,119,120,121)(H,122,123,124)(H2,81,85,87,89,91)(H2,82,86,88,90,92). The van der Waals surface area contributed by atoms with Gasteiger partial charge in [0.1, 0.15) is 31.1 Å². The van der Waals surface area contributed by atoms with Crippen LogP contribution in [0, 0.1) is 11.8 Å². The highest BCUT2D eigenvalue weighted by Gasteiger charge is 2.53. The molecule has 0 fully saturated rings. The molecule has 0 bridgehead atoms. The second-order valence-electron chi connectivity index (χ2n) is 29.7. The molecule has 8 aromatic carbocycles. The summed E-state index contributed by atoms with van der Waals surface area (Å²) < 4.78 is 300. The molecule has 2 amide bonds. The van der Waals surface area contributed by atoms with E-state index in [9.17, 15) is 123 Å². The van der Waals surface area contributed by atoms with Gasteiger partial charge in [0.15, 0.2) is 23.1 Å². The maximum atomic E-state index is 15.1. The fraction of sp³-hybridized carbons (Fsp3) is 0.100. The lowest BCUT2D eigenvalue weighted by Crippen LogP contribution is -2.51. The molecule has 54 heteroatoms. The molecule has 6 aliphatic rings. The molecule has 46 nitrogen and oxygen atoms in total. The second kappa shape index (κ2) is 34.0. The first-order valence-corrected chi connectivity index (χ1v) is 49.6. The summed E-state index contributed by atoms with van der Waals surface area (Å²) in [5.41, 5.74) is -6.72. The van der Waals surface area contributed by atoms with Crippen molar-refractivity contribution in [1.82, 2.24) is 39.7 Å². The van der Waals surface area contributed by atoms with Crippen molar-refractivity contribution < 1.29 is 142 Å². The Balaban J connectivity index is 0.751. The Morgan fingerprint density at radius 1 is 0.343 bits per heavy atom. The largest absolute Gasteiger partial charge is 0.424 e. The van der Waals surface area contributed by atoms with Crippen LogP contribution in [-0.4, -0.2) is 218 Å². The summed E-state index contributed by atoms with van der Waals surface area (Å²) in [5.74, 6) is -11.5. The Hall–Kier alpha value is -14.5. The van der Waals surface area contributed by atoms with E-state index in [1.807, 2.05) is 0 Å². The molecule has 4 unspecified atom stereocenters. The molecule has 134 heavy (non-hydrogen) atoms. The zero-order valence-electron chi connectivity index (χ0n) is 67.4. The van der Waals surface area contributed by atoms with E-state index in [0.717, 1.165) is 107 Å². The number of anilines is 8. The van der Waals surface area contributed by atoms with Crippen LogP contribution in [0.1, 0.15) is 52.6 Å². The molecule has 2 aliphatic heterocycles. The van der Waals surface area contributed by atoms with Gasteiger partial charge in [0, 0.05) is 83.8 Å². The molecule has 690 valence electrons. The molecule has 0 spiro atoms. The number of aromatic nitrogens is 6. The van der Waals surface area contributed by atoms with E-state index in [-0.39, 0.29) is 79.6 Å². The molecule has 2 aromatic heterocycles. The van der Waals surface area contributed by atoms with Crippen molar-refractivity contribution in [3.8, 4) is 23.5 Å². The summed E-state index contributed by atoms with van der Waals surface area (Å²) in [5, 5.41) is 16.0. The highest BCUT2D eigenvalue weighted by Crippen LogP contribution is 2.53. The van der Waals surface area contributed by atoms with Crippen LogP contribution < -0.4 is 41.4 Å². The van der Waals surface area contributed by atoms with Gasteiger partial charge in [0.25, 0.3) is 92.8 Å². The number of likely N-dealkylation sites (N-methyl/N-ethyl adjacent to an activating group) is 2. The second-order valence-corrected chi connectivity index (χ2v) is 40.9. The van der Waals surface area contributed by atoms with Gasteiger partial charge in [-0.15, -0.1) is 0 Å². The van der Waals surface area contributed by atoms with Crippen LogP contribution in [0.5, 0.6) is 23.5 Å². The van der Waals surface area contributed by atoms with Gasteiger partial charge in [-0.25, -0.2) is 0 Å². The van der Waals surface area contributed by atoms with Gasteiger partial charge < -0.3 is 51.2 Å². The molecule has 16 rings (SSSR count). The van der Waals surface area contributed by atoms with Gasteiger partial charge in [-0.05, 0) is 131 Å². The van der Waals surface area contributed by atoms with Crippen molar-refractivity contribution in [2.75, 3.05) is 59.1 Å². The third-order valence-corrected chi connectivity index (χ3v) is 28.5. The lowest BCUT2D eigenvalue weighted by molar-refractivity contribution is -0.128. The van der Waals surface area contributed by atoms with Crippen LogP contribution in [0.15, 0.2) is 267 Å². The number of nitrogens with one attached hydrogen (secondary N) is 6. The Labute approximate surface area is 757 Å². The van der Waals surface area contributed by atoms with Crippen LogP contribution in [0.3, 0.4) is 0 Å². The van der Waals surface area contributed by atoms with Gasteiger partial charge in [0.05, 0.1) is 65.6 Å². The van der Waals surface area contributed by atoms with Crippen LogP contribution in [0.4, 0.5) is 46.5 Å². The topological polar surface area (TPSA) is 712 Å². The third kappa shape index (κ3) is 18.1. The van der Waals surface area contributed by atoms with Crippen molar-refractivity contribution in [3.05, 3.63) is 261 Å². The SMILES string of the molecule is CN1C(=O)C(C(=O)c2cccc(S(=O)(=O)O)c2)=C2c3ccccc3C(=O)C3=C(Nc4cc(Nc5nc(NCCNc6nc(Nc7cc(NC8=C9C(=O)c%10ccccc%10C%10=C(C(=O)c%11cccc(S(=O)(=O)O)c%11)C(=O)N(C)C(C=C8)C9%10)c(S(=O)(=O)O)cc7S(=O)(=O)O)nc(Oc7ccc(S(=O)(=O)O)cc7)n6)nc(Oc6ccc(S(=O)(=O)O)cc6)n5)c(S(=O)(=O)O)cc4S(=O)(=O)O)C=CC1C32. The van der Waals surface area contributed by atoms with E-state index in [1.165, 1.54) is 86.9 Å². The number of benzene rings is 8. The van der Waals surface area contributed by atoms with E-state index < -0.39 is 273 Å². The number of hydrogen-bond donors (Lipinski definition) is 14. The Kier molecular flexibility index (Phi) is 23.5. The normalized spacial score (nSPS) is 17.3. The molecule has 0 saturated carbocycles. The van der Waals surface area contributed by atoms with Crippen molar-refractivity contribution in [2.24, 2.45) is 11.8 Å². The maximum Gasteiger partial charge on any atom is 0.328 e. The molecule has 14 N–H and O–H groups in total. The van der Waals surface area contributed by atoms with Gasteiger partial charge in [-0.2, -0.15) is 97.2 Å². The van der Waals surface area contributed by atoms with Crippen molar-refractivity contribution in [2.45, 2.75) is 51.2 Å². The number of nitrogens with zero attached hydrogens (tertiary/aromatic N) is 8. The van der Waals surface area contributed by atoms with Crippen molar-refractivity contribution >= 4 is 174 Å². The number of fused-ring (bicyclic) bond motifs is 4. The number of carbonyl (C=O) groups is 6. The zero-order chi connectivity index (χ0) is 96.5. The van der Waals surface area contributed by atoms with Crippen LogP contribution in [-0.2, 0) is 90.5 Å². The van der Waals surface area contributed by atoms with Crippen LogP contribution in [0.25, 0.3) is 11.1 Å². The fourth-order valence-corrected chi connectivity index (χ4v) is 20.4. The number of hydrogen-bond acceptors (Lipinski definition) is 36. The maximum absolute atomic E-state index is 15.1. The minimum Gasteiger partial charge on any atom is -0.424 e. The number of carbonyl (C=O) groups excluding carboxylic acids is 6. The highest BCUT2D eigenvalue weighted by molar-refractivity contribution is 7.88. The lowest BCUT2D eigenvalue weighted by Gasteiger charge is -2.45. The first kappa shape index (κ1) is 92.8. The summed E-state index contributed by atoms with van der Waals surface area (Å²) in [6.07, 6.45) is 5.19. The van der Waals surface area contributed by atoms with Gasteiger partial charge in [-0.3, -0.25) is 65.2 Å². The van der Waals surface area contributed by atoms with Crippen LogP contribution >= 0.6 is 0 Å². The Morgan fingerprint density at radius 3 is 0.978 bits per heavy atom. The molecular formula is C80H60N14O32S8. The van der Waals surface area contributed by atoms with E-state index in [2.05, 4.69) is 61.8 Å². The molecule has 4 aliphatic carbocycles. The monoisotopic (exact) mass is 1980 g/mol. The minimum absolute atomic E-state index is 0.0627. The quantitative estimate of drug-likeness (QED) is 0.00963. The number of ether oxygens (including phenoxy) is 2. The average molecular weight is 1990 g/mol. The Morgan fingerprint density at radius 2 is 0.657 bits per heavy atom. The van der Waals surface area contributed by atoms with E-state index >= 15 is 9.59 Å². The number of amides is 2. The first-order chi connectivity index (χ1) is 62.8. The number of ketones is 4. The first-order valence-electron chi connectivity index (χ1n) is 38.0. The predicted molar refractivity (Wildman–Crippen MR) is 464 cm³/mol. The summed E-state index contributed by atoms with van der Waals surface area (Å²) in [7, 11) is -39.7. The molecule has 4 heterocycles. The minimum atomic E-state index is -5.70. The summed E-state index contributed by atoms with van der Waals surface area (Å²) >= 11 is 0. The molecular weight excluding hydrogens is 1930 g/mol. The van der Waals surface area contributed by atoms with Gasteiger partial charge in [0.2, 0.25) is 23.8 Å². The van der Waals surface area contributed by atoms with E-state index in [0.29, 0.717) is 12.1 Å².